The number of nitrogens with zero attached hydrogens (tertiary/aromatic N) is 3. The lowest BCUT2D eigenvalue weighted by Crippen LogP contribution is -2.34. The number of halogens is 3. The molecule has 1 amide bonds. The zero-order chi connectivity index (χ0) is 21.0. The van der Waals surface area contributed by atoms with E-state index in [9.17, 15) is 22.8 Å². The zero-order valence-corrected chi connectivity index (χ0v) is 15.2. The van der Waals surface area contributed by atoms with E-state index < -0.39 is 29.8 Å². The van der Waals surface area contributed by atoms with Gasteiger partial charge in [-0.05, 0) is 36.4 Å². The van der Waals surface area contributed by atoms with E-state index in [0.717, 1.165) is 17.8 Å². The lowest BCUT2D eigenvalue weighted by atomic mass is 10.2. The van der Waals surface area contributed by atoms with E-state index >= 15 is 0 Å². The van der Waals surface area contributed by atoms with Crippen molar-refractivity contribution in [3.63, 3.8) is 0 Å². The molecule has 8 nitrogen and oxygen atoms in total. The number of carbonyl (C=O) groups is 1. The number of aromatic amines is 1. The quantitative estimate of drug-likeness (QED) is 0.651. The molecule has 29 heavy (non-hydrogen) atoms. The monoisotopic (exact) mass is 407 g/mol. The van der Waals surface area contributed by atoms with Gasteiger partial charge in [0.05, 0.1) is 13.7 Å². The van der Waals surface area contributed by atoms with Crippen molar-refractivity contribution >= 4 is 5.91 Å². The van der Waals surface area contributed by atoms with Crippen LogP contribution in [0, 0.1) is 0 Å². The standard InChI is InChI=1S/C18H16F3N5O3/c1-29-12-6-4-11(5-7-12)16-23-14(24-25-16)9-22-15(27)10-26-8-2-3-13(17(26)28)18(19,20)21/h2-8H,9-10H2,1H3,(H,22,27)(H,23,24,25). The summed E-state index contributed by atoms with van der Waals surface area (Å²) in [5.74, 6) is 0.794. The molecule has 3 rings (SSSR count). The molecule has 11 heteroatoms. The number of amides is 1. The third kappa shape index (κ3) is 4.81. The Morgan fingerprint density at radius 2 is 1.97 bits per heavy atom. The lowest BCUT2D eigenvalue weighted by molar-refractivity contribution is -0.139. The summed E-state index contributed by atoms with van der Waals surface area (Å²) >= 11 is 0. The summed E-state index contributed by atoms with van der Waals surface area (Å²) in [4.78, 5) is 28.1. The second kappa shape index (κ2) is 8.17. The van der Waals surface area contributed by atoms with Gasteiger partial charge >= 0.3 is 6.18 Å². The van der Waals surface area contributed by atoms with Crippen molar-refractivity contribution in [2.75, 3.05) is 7.11 Å². The van der Waals surface area contributed by atoms with Crippen LogP contribution >= 0.6 is 0 Å². The first-order valence-corrected chi connectivity index (χ1v) is 8.37. The average molecular weight is 407 g/mol. The fraction of sp³-hybridized carbons (Fsp3) is 0.222. The van der Waals surface area contributed by atoms with Crippen LogP contribution in [0.5, 0.6) is 5.75 Å². The van der Waals surface area contributed by atoms with Crippen LogP contribution in [0.25, 0.3) is 11.4 Å². The molecule has 3 aromatic rings. The number of benzene rings is 1. The van der Waals surface area contributed by atoms with Crippen LogP contribution in [-0.2, 0) is 24.1 Å². The van der Waals surface area contributed by atoms with Gasteiger partial charge in [0.2, 0.25) is 5.91 Å². The molecule has 0 saturated carbocycles. The van der Waals surface area contributed by atoms with Crippen molar-refractivity contribution < 1.29 is 22.7 Å². The average Bonchev–Trinajstić information content (AvgIpc) is 3.16. The van der Waals surface area contributed by atoms with Gasteiger partial charge in [0, 0.05) is 11.8 Å². The molecule has 2 aromatic heterocycles. The van der Waals surface area contributed by atoms with E-state index in [0.29, 0.717) is 28.0 Å². The van der Waals surface area contributed by atoms with Crippen molar-refractivity contribution in [1.29, 1.82) is 0 Å². The summed E-state index contributed by atoms with van der Waals surface area (Å²) in [6, 6.07) is 8.77. The van der Waals surface area contributed by atoms with Crippen LogP contribution in [0.2, 0.25) is 0 Å². The summed E-state index contributed by atoms with van der Waals surface area (Å²) < 4.78 is 44.1. The molecule has 0 fully saturated rings. The Bertz CT molecular complexity index is 1060. The number of pyridine rings is 1. The lowest BCUT2D eigenvalue weighted by Gasteiger charge is -2.10. The van der Waals surface area contributed by atoms with E-state index in [1.165, 1.54) is 0 Å². The first kappa shape index (κ1) is 20.1. The van der Waals surface area contributed by atoms with Crippen molar-refractivity contribution in [2.45, 2.75) is 19.3 Å². The Balaban J connectivity index is 1.62. The highest BCUT2D eigenvalue weighted by Gasteiger charge is 2.34. The largest absolute Gasteiger partial charge is 0.497 e. The van der Waals surface area contributed by atoms with Gasteiger partial charge in [-0.15, -0.1) is 0 Å². The van der Waals surface area contributed by atoms with Gasteiger partial charge < -0.3 is 14.6 Å². The SMILES string of the molecule is COc1ccc(-c2n[nH]c(CNC(=O)Cn3cccc(C(F)(F)F)c3=O)n2)cc1. The van der Waals surface area contributed by atoms with Gasteiger partial charge in [0.1, 0.15) is 23.7 Å². The van der Waals surface area contributed by atoms with E-state index in [4.69, 9.17) is 4.74 Å². The fourth-order valence-corrected chi connectivity index (χ4v) is 2.51. The Labute approximate surface area is 162 Å². The number of carbonyl (C=O) groups excluding carboxylic acids is 1. The summed E-state index contributed by atoms with van der Waals surface area (Å²) in [6.07, 6.45) is -3.67. The first-order chi connectivity index (χ1) is 13.8. The van der Waals surface area contributed by atoms with Crippen molar-refractivity contribution in [2.24, 2.45) is 0 Å². The molecule has 152 valence electrons. The summed E-state index contributed by atoms with van der Waals surface area (Å²) in [6.45, 7) is -0.585. The van der Waals surface area contributed by atoms with E-state index in [2.05, 4.69) is 20.5 Å². The molecule has 0 spiro atoms. The molecule has 0 atom stereocenters. The van der Waals surface area contributed by atoms with Crippen LogP contribution < -0.4 is 15.6 Å². The van der Waals surface area contributed by atoms with Gasteiger partial charge in [-0.25, -0.2) is 4.98 Å². The molecule has 0 unspecified atom stereocenters. The smallest absolute Gasteiger partial charge is 0.421 e. The van der Waals surface area contributed by atoms with Crippen LogP contribution in [0.1, 0.15) is 11.4 Å². The van der Waals surface area contributed by atoms with Crippen LogP contribution in [-0.4, -0.2) is 32.8 Å². The fourth-order valence-electron chi connectivity index (χ4n) is 2.51. The third-order valence-electron chi connectivity index (χ3n) is 3.97. The van der Waals surface area contributed by atoms with Crippen molar-refractivity contribution in [1.82, 2.24) is 25.1 Å². The van der Waals surface area contributed by atoms with Crippen molar-refractivity contribution in [3.8, 4) is 17.1 Å². The van der Waals surface area contributed by atoms with Crippen LogP contribution in [0.3, 0.4) is 0 Å². The number of H-pyrrole nitrogens is 1. The minimum absolute atomic E-state index is 0.0320. The summed E-state index contributed by atoms with van der Waals surface area (Å²) in [5.41, 5.74) is -1.88. The maximum absolute atomic E-state index is 12.8. The van der Waals surface area contributed by atoms with Crippen molar-refractivity contribution in [3.05, 3.63) is 64.3 Å². The normalized spacial score (nSPS) is 11.3. The highest BCUT2D eigenvalue weighted by atomic mass is 19.4. The highest BCUT2D eigenvalue weighted by Crippen LogP contribution is 2.26. The molecule has 0 aliphatic rings. The zero-order valence-electron chi connectivity index (χ0n) is 15.2. The molecule has 2 heterocycles. The Morgan fingerprint density at radius 1 is 1.24 bits per heavy atom. The van der Waals surface area contributed by atoms with Gasteiger partial charge in [-0.1, -0.05) is 0 Å². The molecular formula is C18H16F3N5O3. The second-order valence-electron chi connectivity index (χ2n) is 5.96. The minimum Gasteiger partial charge on any atom is -0.497 e. The number of ether oxygens (including phenoxy) is 1. The van der Waals surface area contributed by atoms with Crippen LogP contribution in [0.15, 0.2) is 47.4 Å². The van der Waals surface area contributed by atoms with Gasteiger partial charge in [0.25, 0.3) is 5.56 Å². The molecular weight excluding hydrogens is 391 g/mol. The number of nitrogens with one attached hydrogen (secondary N) is 2. The Hall–Kier alpha value is -3.63. The number of alkyl halides is 3. The number of hydrogen-bond acceptors (Lipinski definition) is 5. The minimum atomic E-state index is -4.78. The molecule has 1 aromatic carbocycles. The molecule has 0 aliphatic heterocycles. The predicted molar refractivity (Wildman–Crippen MR) is 95.9 cm³/mol. The first-order valence-electron chi connectivity index (χ1n) is 8.37. The Kier molecular flexibility index (Phi) is 5.66. The van der Waals surface area contributed by atoms with E-state index in [1.807, 2.05) is 0 Å². The highest BCUT2D eigenvalue weighted by molar-refractivity contribution is 5.75. The summed E-state index contributed by atoms with van der Waals surface area (Å²) in [5, 5.41) is 9.20. The maximum atomic E-state index is 12.8. The number of hydrogen-bond donors (Lipinski definition) is 2. The molecule has 2 N–H and O–H groups in total. The second-order valence-corrected chi connectivity index (χ2v) is 5.96. The number of methoxy groups -OCH3 is 1. The van der Waals surface area contributed by atoms with Gasteiger partial charge in [-0.2, -0.15) is 18.3 Å². The summed E-state index contributed by atoms with van der Waals surface area (Å²) in [7, 11) is 1.55. The van der Waals surface area contributed by atoms with Gasteiger partial charge in [-0.3, -0.25) is 14.7 Å². The molecule has 0 bridgehead atoms. The van der Waals surface area contributed by atoms with E-state index in [1.54, 1.807) is 31.4 Å². The maximum Gasteiger partial charge on any atom is 0.421 e. The third-order valence-corrected chi connectivity index (χ3v) is 3.97. The molecule has 0 aliphatic carbocycles. The van der Waals surface area contributed by atoms with Gasteiger partial charge in [0.15, 0.2) is 5.82 Å². The number of aromatic nitrogens is 4. The number of rotatable bonds is 6. The molecule has 0 saturated heterocycles. The molecule has 0 radical (unpaired) electrons. The predicted octanol–water partition coefficient (Wildman–Crippen LogP) is 1.98. The Morgan fingerprint density at radius 3 is 2.62 bits per heavy atom. The van der Waals surface area contributed by atoms with E-state index in [-0.39, 0.29) is 6.54 Å². The topological polar surface area (TPSA) is 102 Å². The van der Waals surface area contributed by atoms with Crippen LogP contribution in [0.4, 0.5) is 13.2 Å².